The predicted octanol–water partition coefficient (Wildman–Crippen LogP) is 1.38. The van der Waals surface area contributed by atoms with Crippen LogP contribution in [-0.2, 0) is 11.2 Å². The minimum atomic E-state index is -0.864. The van der Waals surface area contributed by atoms with Gasteiger partial charge in [-0.05, 0) is 18.6 Å². The summed E-state index contributed by atoms with van der Waals surface area (Å²) in [6.07, 6.45) is 1.12. The highest BCUT2D eigenvalue weighted by Crippen LogP contribution is 2.19. The molecule has 2 heterocycles. The Morgan fingerprint density at radius 3 is 2.65 bits per heavy atom. The number of rotatable bonds is 4. The molecule has 0 radical (unpaired) electrons. The van der Waals surface area contributed by atoms with Crippen LogP contribution in [0.4, 0.5) is 0 Å². The zero-order chi connectivity index (χ0) is 16.4. The summed E-state index contributed by atoms with van der Waals surface area (Å²) in [5.41, 5.74) is 0.848. The topological polar surface area (TPSA) is 88.3 Å². The third-order valence-electron chi connectivity index (χ3n) is 4.01. The lowest BCUT2D eigenvalue weighted by atomic mass is 10.1. The molecular formula is C16H18N4O3. The average Bonchev–Trinajstić information content (AvgIpc) is 3.22. The smallest absolute Gasteiger partial charge is 0.308 e. The van der Waals surface area contributed by atoms with Crippen molar-refractivity contribution in [2.24, 2.45) is 5.92 Å². The van der Waals surface area contributed by atoms with Crippen molar-refractivity contribution in [3.63, 3.8) is 0 Å². The van der Waals surface area contributed by atoms with E-state index in [2.05, 4.69) is 10.1 Å². The van der Waals surface area contributed by atoms with Crippen molar-refractivity contribution in [2.45, 2.75) is 19.8 Å². The maximum Gasteiger partial charge on any atom is 0.308 e. The first-order chi connectivity index (χ1) is 11.1. The zero-order valence-electron chi connectivity index (χ0n) is 12.8. The van der Waals surface area contributed by atoms with E-state index >= 15 is 0 Å². The van der Waals surface area contributed by atoms with E-state index in [0.29, 0.717) is 25.2 Å². The highest BCUT2D eigenvalue weighted by molar-refractivity contribution is 5.91. The number of benzene rings is 1. The molecule has 1 aliphatic heterocycles. The number of para-hydroxylation sites is 1. The van der Waals surface area contributed by atoms with Gasteiger partial charge in [0.1, 0.15) is 5.82 Å². The van der Waals surface area contributed by atoms with Crippen LogP contribution in [-0.4, -0.2) is 49.7 Å². The number of aliphatic carboxylic acids is 1. The van der Waals surface area contributed by atoms with Crippen LogP contribution < -0.4 is 0 Å². The zero-order valence-corrected chi connectivity index (χ0v) is 12.8. The van der Waals surface area contributed by atoms with E-state index in [1.165, 1.54) is 4.90 Å². The molecule has 0 aliphatic carbocycles. The molecule has 3 rings (SSSR count). The SMILES string of the molecule is CCc1nc(C(=O)N2CCC(C(=O)O)C2)nn1-c1ccccc1. The first kappa shape index (κ1) is 15.2. The van der Waals surface area contributed by atoms with E-state index in [1.54, 1.807) is 4.68 Å². The van der Waals surface area contributed by atoms with E-state index in [0.717, 1.165) is 5.69 Å². The average molecular weight is 314 g/mol. The highest BCUT2D eigenvalue weighted by Gasteiger charge is 2.33. The van der Waals surface area contributed by atoms with E-state index in [9.17, 15) is 9.59 Å². The van der Waals surface area contributed by atoms with Gasteiger partial charge < -0.3 is 10.0 Å². The second-order valence-corrected chi connectivity index (χ2v) is 5.53. The fourth-order valence-corrected chi connectivity index (χ4v) is 2.73. The number of aromatic nitrogens is 3. The van der Waals surface area contributed by atoms with E-state index in [-0.39, 0.29) is 18.3 Å². The van der Waals surface area contributed by atoms with Gasteiger partial charge in [0.15, 0.2) is 0 Å². The van der Waals surface area contributed by atoms with E-state index in [1.807, 2.05) is 37.3 Å². The molecule has 1 N–H and O–H groups in total. The van der Waals surface area contributed by atoms with E-state index < -0.39 is 11.9 Å². The maximum atomic E-state index is 12.5. The number of carboxylic acids is 1. The summed E-state index contributed by atoms with van der Waals surface area (Å²) in [5, 5.41) is 13.4. The van der Waals surface area contributed by atoms with Crippen molar-refractivity contribution in [1.29, 1.82) is 0 Å². The molecule has 1 aromatic carbocycles. The number of nitrogens with zero attached hydrogens (tertiary/aromatic N) is 4. The minimum absolute atomic E-state index is 0.122. The quantitative estimate of drug-likeness (QED) is 0.921. The van der Waals surface area contributed by atoms with Crippen LogP contribution in [0.25, 0.3) is 5.69 Å². The Morgan fingerprint density at radius 1 is 1.30 bits per heavy atom. The molecule has 1 fully saturated rings. The maximum absolute atomic E-state index is 12.5. The van der Waals surface area contributed by atoms with Crippen molar-refractivity contribution in [1.82, 2.24) is 19.7 Å². The van der Waals surface area contributed by atoms with Gasteiger partial charge in [-0.1, -0.05) is 25.1 Å². The van der Waals surface area contributed by atoms with Gasteiger partial charge in [-0.15, -0.1) is 5.10 Å². The van der Waals surface area contributed by atoms with Crippen molar-refractivity contribution in [3.05, 3.63) is 42.0 Å². The second kappa shape index (κ2) is 6.20. The molecule has 1 aliphatic rings. The Hall–Kier alpha value is -2.70. The number of carbonyl (C=O) groups is 2. The minimum Gasteiger partial charge on any atom is -0.481 e. The van der Waals surface area contributed by atoms with Crippen LogP contribution in [0, 0.1) is 5.92 Å². The van der Waals surface area contributed by atoms with Gasteiger partial charge in [-0.25, -0.2) is 9.67 Å². The molecule has 1 aromatic heterocycles. The molecule has 0 spiro atoms. The summed E-state index contributed by atoms with van der Waals surface area (Å²) in [6, 6.07) is 9.51. The molecule has 1 atom stereocenters. The molecule has 0 bridgehead atoms. The third kappa shape index (κ3) is 2.94. The summed E-state index contributed by atoms with van der Waals surface area (Å²) in [7, 11) is 0. The lowest BCUT2D eigenvalue weighted by Gasteiger charge is -2.12. The highest BCUT2D eigenvalue weighted by atomic mass is 16.4. The second-order valence-electron chi connectivity index (χ2n) is 5.53. The molecular weight excluding hydrogens is 296 g/mol. The van der Waals surface area contributed by atoms with Gasteiger partial charge >= 0.3 is 5.97 Å². The Labute approximate surface area is 133 Å². The van der Waals surface area contributed by atoms with Crippen LogP contribution in [0.5, 0.6) is 0 Å². The number of likely N-dealkylation sites (tertiary alicyclic amines) is 1. The molecule has 7 heteroatoms. The lowest BCUT2D eigenvalue weighted by Crippen LogP contribution is -2.30. The van der Waals surface area contributed by atoms with Gasteiger partial charge in [0.05, 0.1) is 11.6 Å². The predicted molar refractivity (Wildman–Crippen MR) is 82.4 cm³/mol. The Morgan fingerprint density at radius 2 is 2.04 bits per heavy atom. The Bertz CT molecular complexity index is 726. The number of carboxylic acid groups (broad SMARTS) is 1. The summed E-state index contributed by atoms with van der Waals surface area (Å²) >= 11 is 0. The van der Waals surface area contributed by atoms with Crippen LogP contribution >= 0.6 is 0 Å². The van der Waals surface area contributed by atoms with Crippen LogP contribution in [0.3, 0.4) is 0 Å². The largest absolute Gasteiger partial charge is 0.481 e. The molecule has 1 saturated heterocycles. The van der Waals surface area contributed by atoms with Gasteiger partial charge in [0.25, 0.3) is 5.91 Å². The first-order valence-electron chi connectivity index (χ1n) is 7.63. The van der Waals surface area contributed by atoms with Crippen molar-refractivity contribution in [2.75, 3.05) is 13.1 Å². The van der Waals surface area contributed by atoms with Gasteiger partial charge in [0, 0.05) is 19.5 Å². The van der Waals surface area contributed by atoms with Crippen molar-refractivity contribution < 1.29 is 14.7 Å². The van der Waals surface area contributed by atoms with Gasteiger partial charge in [-0.3, -0.25) is 9.59 Å². The van der Waals surface area contributed by atoms with Gasteiger partial charge in [-0.2, -0.15) is 0 Å². The summed E-state index contributed by atoms with van der Waals surface area (Å²) in [4.78, 5) is 29.4. The van der Waals surface area contributed by atoms with Crippen molar-refractivity contribution in [3.8, 4) is 5.69 Å². The fraction of sp³-hybridized carbons (Fsp3) is 0.375. The number of carbonyl (C=O) groups excluding carboxylic acids is 1. The number of hydrogen-bond acceptors (Lipinski definition) is 4. The van der Waals surface area contributed by atoms with E-state index in [4.69, 9.17) is 5.11 Å². The Balaban J connectivity index is 1.85. The van der Waals surface area contributed by atoms with Crippen LogP contribution in [0.15, 0.2) is 30.3 Å². The number of amides is 1. The number of aryl methyl sites for hydroxylation is 1. The monoisotopic (exact) mass is 314 g/mol. The third-order valence-corrected chi connectivity index (χ3v) is 4.01. The molecule has 1 amide bonds. The molecule has 23 heavy (non-hydrogen) atoms. The molecule has 7 nitrogen and oxygen atoms in total. The van der Waals surface area contributed by atoms with Crippen LogP contribution in [0.2, 0.25) is 0 Å². The Kier molecular flexibility index (Phi) is 4.10. The number of hydrogen-bond donors (Lipinski definition) is 1. The molecule has 1 unspecified atom stereocenters. The summed E-state index contributed by atoms with van der Waals surface area (Å²) in [5.74, 6) is -0.846. The first-order valence-corrected chi connectivity index (χ1v) is 7.63. The fourth-order valence-electron chi connectivity index (χ4n) is 2.73. The molecule has 120 valence electrons. The van der Waals surface area contributed by atoms with Crippen LogP contribution in [0.1, 0.15) is 29.8 Å². The van der Waals surface area contributed by atoms with Crippen molar-refractivity contribution >= 4 is 11.9 Å². The normalized spacial score (nSPS) is 17.4. The molecule has 0 saturated carbocycles. The standard InChI is InChI=1S/C16H18N4O3/c1-2-13-17-14(18-20(13)12-6-4-3-5-7-12)15(21)19-9-8-11(10-19)16(22)23/h3-7,11H,2,8-10H2,1H3,(H,22,23). The summed E-state index contributed by atoms with van der Waals surface area (Å²) in [6.45, 7) is 2.60. The lowest BCUT2D eigenvalue weighted by molar-refractivity contribution is -0.141. The summed E-state index contributed by atoms with van der Waals surface area (Å²) < 4.78 is 1.66. The van der Waals surface area contributed by atoms with Gasteiger partial charge in [0.2, 0.25) is 5.82 Å². The molecule has 2 aromatic rings.